The molecular weight excluding hydrogens is 262 g/mol. The third-order valence-corrected chi connectivity index (χ3v) is 5.92. The van der Waals surface area contributed by atoms with Crippen molar-refractivity contribution in [2.75, 3.05) is 18.9 Å². The van der Waals surface area contributed by atoms with Gasteiger partial charge in [0, 0.05) is 17.9 Å². The molecule has 2 aliphatic rings. The van der Waals surface area contributed by atoms with Gasteiger partial charge >= 0.3 is 0 Å². The zero-order valence-electron chi connectivity index (χ0n) is 10.7. The van der Waals surface area contributed by atoms with Gasteiger partial charge in [0.25, 0.3) is 0 Å². The lowest BCUT2D eigenvalue weighted by atomic mass is 9.86. The van der Waals surface area contributed by atoms with E-state index in [0.717, 1.165) is 6.04 Å². The van der Waals surface area contributed by atoms with Crippen LogP contribution in [0.5, 0.6) is 0 Å². The predicted octanol–water partition coefficient (Wildman–Crippen LogP) is 4.21. The number of hydrogen-bond acceptors (Lipinski definition) is 1. The lowest BCUT2D eigenvalue weighted by molar-refractivity contribution is 0.129. The van der Waals surface area contributed by atoms with E-state index in [0.29, 0.717) is 5.41 Å². The first-order chi connectivity index (χ1) is 7.76. The van der Waals surface area contributed by atoms with Crippen molar-refractivity contribution in [1.82, 2.24) is 4.90 Å². The van der Waals surface area contributed by atoms with E-state index < -0.39 is 0 Å². The Kier molecular flexibility index (Phi) is 4.72. The van der Waals surface area contributed by atoms with Crippen LogP contribution in [0, 0.1) is 5.41 Å². The number of rotatable bonds is 4. The first kappa shape index (κ1) is 12.9. The molecule has 0 heterocycles. The van der Waals surface area contributed by atoms with Crippen molar-refractivity contribution in [2.24, 2.45) is 5.41 Å². The van der Waals surface area contributed by atoms with Crippen LogP contribution in [0.4, 0.5) is 0 Å². The number of alkyl halides is 1. The zero-order chi connectivity index (χ0) is 11.4. The Morgan fingerprint density at radius 1 is 1.06 bits per heavy atom. The minimum absolute atomic E-state index is 0.603. The fourth-order valence-corrected chi connectivity index (χ4v) is 4.38. The number of halogens is 1. The maximum atomic E-state index is 3.76. The molecule has 0 aromatic rings. The van der Waals surface area contributed by atoms with Crippen LogP contribution >= 0.6 is 15.9 Å². The quantitative estimate of drug-likeness (QED) is 0.701. The van der Waals surface area contributed by atoms with E-state index in [1.54, 1.807) is 0 Å². The van der Waals surface area contributed by atoms with Gasteiger partial charge in [-0.25, -0.2) is 0 Å². The first-order valence-corrected chi connectivity index (χ1v) is 8.14. The minimum atomic E-state index is 0.603. The van der Waals surface area contributed by atoms with E-state index in [9.17, 15) is 0 Å². The van der Waals surface area contributed by atoms with Crippen LogP contribution in [0.3, 0.4) is 0 Å². The first-order valence-electron chi connectivity index (χ1n) is 7.02. The molecule has 94 valence electrons. The summed E-state index contributed by atoms with van der Waals surface area (Å²) < 4.78 is 0. The lowest BCUT2D eigenvalue weighted by Gasteiger charge is -2.38. The van der Waals surface area contributed by atoms with Crippen LogP contribution < -0.4 is 0 Å². The Hall–Kier alpha value is 0.440. The smallest absolute Gasteiger partial charge is 0.0100 e. The summed E-state index contributed by atoms with van der Waals surface area (Å²) in [6, 6.07) is 0.880. The summed E-state index contributed by atoms with van der Waals surface area (Å²) in [5, 5.41) is 1.21. The molecule has 2 aliphatic carbocycles. The molecule has 2 saturated carbocycles. The highest BCUT2D eigenvalue weighted by molar-refractivity contribution is 9.09. The molecule has 16 heavy (non-hydrogen) atoms. The second-order valence-corrected chi connectivity index (χ2v) is 6.61. The van der Waals surface area contributed by atoms with Crippen molar-refractivity contribution in [1.29, 1.82) is 0 Å². The molecule has 2 heteroatoms. The molecule has 1 nitrogen and oxygen atoms in total. The monoisotopic (exact) mass is 287 g/mol. The highest BCUT2D eigenvalue weighted by Crippen LogP contribution is 2.41. The summed E-state index contributed by atoms with van der Waals surface area (Å²) in [5.74, 6) is 0. The van der Waals surface area contributed by atoms with E-state index in [4.69, 9.17) is 0 Å². The van der Waals surface area contributed by atoms with Gasteiger partial charge in [0.15, 0.2) is 0 Å². The van der Waals surface area contributed by atoms with Crippen LogP contribution in [-0.2, 0) is 0 Å². The van der Waals surface area contributed by atoms with Crippen LogP contribution in [0.15, 0.2) is 0 Å². The Bertz CT molecular complexity index is 205. The Labute approximate surface area is 109 Å². The summed E-state index contributed by atoms with van der Waals surface area (Å²) in [7, 11) is 2.36. The highest BCUT2D eigenvalue weighted by atomic mass is 79.9. The average Bonchev–Trinajstić information content (AvgIpc) is 2.79. The fourth-order valence-electron chi connectivity index (χ4n) is 3.64. The van der Waals surface area contributed by atoms with Gasteiger partial charge < -0.3 is 4.90 Å². The molecule has 0 N–H and O–H groups in total. The summed E-state index contributed by atoms with van der Waals surface area (Å²) >= 11 is 3.76. The van der Waals surface area contributed by atoms with Gasteiger partial charge in [0.1, 0.15) is 0 Å². The third kappa shape index (κ3) is 3.01. The molecule has 0 amide bonds. The molecule has 0 radical (unpaired) electrons. The fraction of sp³-hybridized carbons (Fsp3) is 1.00. The lowest BCUT2D eigenvalue weighted by Crippen LogP contribution is -2.41. The Balaban J connectivity index is 1.86. The van der Waals surface area contributed by atoms with Crippen molar-refractivity contribution < 1.29 is 0 Å². The van der Waals surface area contributed by atoms with Crippen molar-refractivity contribution in [3.63, 3.8) is 0 Å². The molecule has 0 aliphatic heterocycles. The zero-order valence-corrected chi connectivity index (χ0v) is 12.3. The van der Waals surface area contributed by atoms with Crippen LogP contribution in [0.2, 0.25) is 0 Å². The molecule has 2 fully saturated rings. The van der Waals surface area contributed by atoms with Crippen LogP contribution in [0.1, 0.15) is 57.8 Å². The van der Waals surface area contributed by atoms with Crippen LogP contribution in [0.25, 0.3) is 0 Å². The van der Waals surface area contributed by atoms with Gasteiger partial charge in [-0.2, -0.15) is 0 Å². The van der Waals surface area contributed by atoms with E-state index >= 15 is 0 Å². The van der Waals surface area contributed by atoms with Crippen molar-refractivity contribution in [3.05, 3.63) is 0 Å². The van der Waals surface area contributed by atoms with Crippen molar-refractivity contribution in [3.8, 4) is 0 Å². The third-order valence-electron chi connectivity index (χ3n) is 4.73. The van der Waals surface area contributed by atoms with Crippen molar-refractivity contribution >= 4 is 15.9 Å². The number of nitrogens with zero attached hydrogens (tertiary/aromatic N) is 1. The predicted molar refractivity (Wildman–Crippen MR) is 74.2 cm³/mol. The maximum Gasteiger partial charge on any atom is 0.0100 e. The van der Waals surface area contributed by atoms with Crippen molar-refractivity contribution in [2.45, 2.75) is 63.8 Å². The molecule has 0 unspecified atom stereocenters. The second-order valence-electron chi connectivity index (χ2n) is 6.05. The minimum Gasteiger partial charge on any atom is -0.303 e. The van der Waals surface area contributed by atoms with Gasteiger partial charge in [0.2, 0.25) is 0 Å². The maximum absolute atomic E-state index is 3.76. The molecule has 0 spiro atoms. The normalized spacial score (nSPS) is 26.4. The SMILES string of the molecule is CN(CC1(CBr)CCCC1)C1CCCCC1. The van der Waals surface area contributed by atoms with E-state index in [2.05, 4.69) is 27.9 Å². The molecule has 0 bridgehead atoms. The highest BCUT2D eigenvalue weighted by Gasteiger charge is 2.35. The Morgan fingerprint density at radius 3 is 2.25 bits per heavy atom. The summed E-state index contributed by atoms with van der Waals surface area (Å²) in [5.41, 5.74) is 0.603. The van der Waals surface area contributed by atoms with E-state index in [-0.39, 0.29) is 0 Å². The molecule has 2 rings (SSSR count). The van der Waals surface area contributed by atoms with E-state index in [1.807, 2.05) is 0 Å². The summed E-state index contributed by atoms with van der Waals surface area (Å²) in [6.45, 7) is 1.32. The number of hydrogen-bond donors (Lipinski definition) is 0. The molecule has 0 aromatic heterocycles. The second kappa shape index (κ2) is 5.86. The Morgan fingerprint density at radius 2 is 1.69 bits per heavy atom. The summed E-state index contributed by atoms with van der Waals surface area (Å²) in [4.78, 5) is 2.67. The summed E-state index contributed by atoms with van der Waals surface area (Å²) in [6.07, 6.45) is 13.0. The average molecular weight is 288 g/mol. The van der Waals surface area contributed by atoms with E-state index in [1.165, 1.54) is 69.7 Å². The van der Waals surface area contributed by atoms with Gasteiger partial charge in [-0.05, 0) is 38.1 Å². The molecule has 0 atom stereocenters. The molecule has 0 aromatic carbocycles. The largest absolute Gasteiger partial charge is 0.303 e. The van der Waals surface area contributed by atoms with Gasteiger partial charge in [0.05, 0.1) is 0 Å². The van der Waals surface area contributed by atoms with Gasteiger partial charge in [-0.3, -0.25) is 0 Å². The standard InChI is InChI=1S/C14H26BrN/c1-16(13-7-3-2-4-8-13)12-14(11-15)9-5-6-10-14/h13H,2-12H2,1H3. The van der Waals surface area contributed by atoms with Gasteiger partial charge in [-0.1, -0.05) is 48.0 Å². The van der Waals surface area contributed by atoms with Crippen LogP contribution in [-0.4, -0.2) is 29.9 Å². The molecular formula is C14H26BrN. The molecule has 0 saturated heterocycles. The van der Waals surface area contributed by atoms with Gasteiger partial charge in [-0.15, -0.1) is 0 Å². The topological polar surface area (TPSA) is 3.24 Å².